The van der Waals surface area contributed by atoms with Gasteiger partial charge in [0.2, 0.25) is 0 Å². The Labute approximate surface area is 84.7 Å². The van der Waals surface area contributed by atoms with Gasteiger partial charge >= 0.3 is 5.97 Å². The molecule has 0 saturated carbocycles. The van der Waals surface area contributed by atoms with E-state index in [1.165, 1.54) is 0 Å². The fourth-order valence-electron chi connectivity index (χ4n) is 1.12. The maximum Gasteiger partial charge on any atom is 0.325 e. The van der Waals surface area contributed by atoms with E-state index in [4.69, 9.17) is 10.8 Å². The zero-order chi connectivity index (χ0) is 10.0. The van der Waals surface area contributed by atoms with Crippen LogP contribution in [0.15, 0.2) is 22.7 Å². The van der Waals surface area contributed by atoms with Crippen LogP contribution in [0.4, 0.5) is 0 Å². The molecule has 0 bridgehead atoms. The minimum Gasteiger partial charge on any atom is -0.480 e. The summed E-state index contributed by atoms with van der Waals surface area (Å²) in [5, 5.41) is 8.69. The van der Waals surface area contributed by atoms with Gasteiger partial charge in [-0.05, 0) is 30.2 Å². The summed E-state index contributed by atoms with van der Waals surface area (Å²) in [6, 6.07) is 4.41. The Morgan fingerprint density at radius 1 is 1.62 bits per heavy atom. The van der Waals surface area contributed by atoms with Crippen LogP contribution in [0.3, 0.4) is 0 Å². The summed E-state index contributed by atoms with van der Waals surface area (Å²) in [7, 11) is 0. The summed E-state index contributed by atoms with van der Waals surface area (Å²) in [5.74, 6) is -1.01. The minimum atomic E-state index is -1.01. The molecule has 0 amide bonds. The van der Waals surface area contributed by atoms with E-state index in [2.05, 4.69) is 15.9 Å². The molecule has 1 aromatic carbocycles. The lowest BCUT2D eigenvalue weighted by Crippen LogP contribution is -2.21. The van der Waals surface area contributed by atoms with Crippen molar-refractivity contribution in [2.24, 2.45) is 5.73 Å². The third-order valence-electron chi connectivity index (χ3n) is 1.83. The van der Waals surface area contributed by atoms with Crippen molar-refractivity contribution in [3.8, 4) is 0 Å². The van der Waals surface area contributed by atoms with Crippen LogP contribution in [0.5, 0.6) is 0 Å². The number of aryl methyl sites for hydroxylation is 1. The molecule has 1 atom stereocenters. The van der Waals surface area contributed by atoms with Crippen LogP contribution in [0.25, 0.3) is 0 Å². The largest absolute Gasteiger partial charge is 0.480 e. The van der Waals surface area contributed by atoms with Gasteiger partial charge in [0.25, 0.3) is 0 Å². The van der Waals surface area contributed by atoms with E-state index in [1.54, 1.807) is 12.1 Å². The number of hydrogen-bond donors (Lipinski definition) is 2. The van der Waals surface area contributed by atoms with Crippen LogP contribution in [0, 0.1) is 6.92 Å². The molecule has 0 unspecified atom stereocenters. The second-order valence-electron chi connectivity index (χ2n) is 2.82. The topological polar surface area (TPSA) is 63.3 Å². The molecule has 0 aliphatic heterocycles. The van der Waals surface area contributed by atoms with Gasteiger partial charge in [0.1, 0.15) is 6.04 Å². The van der Waals surface area contributed by atoms with E-state index in [-0.39, 0.29) is 0 Å². The van der Waals surface area contributed by atoms with E-state index in [1.807, 2.05) is 13.0 Å². The van der Waals surface area contributed by atoms with Crippen LogP contribution >= 0.6 is 15.9 Å². The molecule has 1 rings (SSSR count). The maximum absolute atomic E-state index is 10.6. The number of carboxylic acid groups (broad SMARTS) is 1. The van der Waals surface area contributed by atoms with Crippen molar-refractivity contribution >= 4 is 21.9 Å². The number of carbonyl (C=O) groups is 1. The highest BCUT2D eigenvalue weighted by Gasteiger charge is 2.15. The van der Waals surface area contributed by atoms with Crippen LogP contribution in [0.2, 0.25) is 0 Å². The van der Waals surface area contributed by atoms with Gasteiger partial charge in [-0.25, -0.2) is 0 Å². The first-order valence-corrected chi connectivity index (χ1v) is 4.56. The predicted molar refractivity (Wildman–Crippen MR) is 53.4 cm³/mol. The zero-order valence-electron chi connectivity index (χ0n) is 7.12. The van der Waals surface area contributed by atoms with Crippen LogP contribution < -0.4 is 5.73 Å². The lowest BCUT2D eigenvalue weighted by atomic mass is 10.0. The maximum atomic E-state index is 10.6. The van der Waals surface area contributed by atoms with Gasteiger partial charge in [-0.15, -0.1) is 0 Å². The molecule has 70 valence electrons. The average molecular weight is 244 g/mol. The van der Waals surface area contributed by atoms with E-state index >= 15 is 0 Å². The molecule has 0 fully saturated rings. The third kappa shape index (κ3) is 2.29. The number of rotatable bonds is 2. The summed E-state index contributed by atoms with van der Waals surface area (Å²) in [4.78, 5) is 10.6. The van der Waals surface area contributed by atoms with Crippen LogP contribution in [-0.4, -0.2) is 11.1 Å². The molecule has 3 nitrogen and oxygen atoms in total. The lowest BCUT2D eigenvalue weighted by Gasteiger charge is -2.10. The number of aliphatic carboxylic acids is 1. The van der Waals surface area contributed by atoms with Gasteiger partial charge in [-0.2, -0.15) is 0 Å². The quantitative estimate of drug-likeness (QED) is 0.834. The molecular weight excluding hydrogens is 234 g/mol. The van der Waals surface area contributed by atoms with E-state index < -0.39 is 12.0 Å². The standard InChI is InChI=1S/C9H10BrNO2/c1-5-4-6(10)2-3-7(5)8(11)9(12)13/h2-4,8H,11H2,1H3,(H,12,13)/t8-/m0/s1. The molecule has 0 saturated heterocycles. The molecular formula is C9H10BrNO2. The second-order valence-corrected chi connectivity index (χ2v) is 3.73. The zero-order valence-corrected chi connectivity index (χ0v) is 8.71. The molecule has 0 aliphatic carbocycles. The fraction of sp³-hybridized carbons (Fsp3) is 0.222. The lowest BCUT2D eigenvalue weighted by molar-refractivity contribution is -0.138. The average Bonchev–Trinajstić information content (AvgIpc) is 2.03. The van der Waals surface area contributed by atoms with Crippen molar-refractivity contribution < 1.29 is 9.90 Å². The summed E-state index contributed by atoms with van der Waals surface area (Å²) in [5.41, 5.74) is 7.00. The van der Waals surface area contributed by atoms with E-state index in [9.17, 15) is 4.79 Å². The van der Waals surface area contributed by atoms with Crippen LogP contribution in [0.1, 0.15) is 17.2 Å². The number of benzene rings is 1. The third-order valence-corrected chi connectivity index (χ3v) is 2.33. The Kier molecular flexibility index (Phi) is 3.06. The molecule has 3 N–H and O–H groups in total. The molecule has 4 heteroatoms. The molecule has 0 heterocycles. The number of halogens is 1. The fourth-order valence-corrected chi connectivity index (χ4v) is 1.60. The normalized spacial score (nSPS) is 12.5. The Balaban J connectivity index is 3.08. The summed E-state index contributed by atoms with van der Waals surface area (Å²) < 4.78 is 0.923. The highest BCUT2D eigenvalue weighted by Crippen LogP contribution is 2.20. The number of carboxylic acids is 1. The first-order valence-electron chi connectivity index (χ1n) is 3.77. The molecule has 0 aromatic heterocycles. The second kappa shape index (κ2) is 3.89. The Morgan fingerprint density at radius 3 is 2.69 bits per heavy atom. The predicted octanol–water partition coefficient (Wildman–Crippen LogP) is 1.84. The van der Waals surface area contributed by atoms with E-state index in [0.717, 1.165) is 10.0 Å². The van der Waals surface area contributed by atoms with Gasteiger partial charge in [-0.3, -0.25) is 4.79 Å². The monoisotopic (exact) mass is 243 g/mol. The van der Waals surface area contributed by atoms with Gasteiger partial charge in [0, 0.05) is 4.47 Å². The Bertz CT molecular complexity index is 338. The van der Waals surface area contributed by atoms with Gasteiger partial charge in [0.15, 0.2) is 0 Å². The highest BCUT2D eigenvalue weighted by molar-refractivity contribution is 9.10. The van der Waals surface area contributed by atoms with E-state index in [0.29, 0.717) is 5.56 Å². The van der Waals surface area contributed by atoms with Gasteiger partial charge < -0.3 is 10.8 Å². The number of hydrogen-bond acceptors (Lipinski definition) is 2. The summed E-state index contributed by atoms with van der Waals surface area (Å²) in [6.45, 7) is 1.84. The van der Waals surface area contributed by atoms with Crippen LogP contribution in [-0.2, 0) is 4.79 Å². The van der Waals surface area contributed by atoms with Gasteiger partial charge in [-0.1, -0.05) is 22.0 Å². The molecule has 0 aliphatic rings. The smallest absolute Gasteiger partial charge is 0.325 e. The minimum absolute atomic E-state index is 0.649. The first kappa shape index (κ1) is 10.2. The Morgan fingerprint density at radius 2 is 2.23 bits per heavy atom. The van der Waals surface area contributed by atoms with Gasteiger partial charge in [0.05, 0.1) is 0 Å². The number of nitrogens with two attached hydrogens (primary N) is 1. The highest BCUT2D eigenvalue weighted by atomic mass is 79.9. The van der Waals surface area contributed by atoms with Crippen molar-refractivity contribution in [2.45, 2.75) is 13.0 Å². The first-order chi connectivity index (χ1) is 6.02. The van der Waals surface area contributed by atoms with Crippen molar-refractivity contribution in [3.05, 3.63) is 33.8 Å². The molecule has 0 spiro atoms. The molecule has 1 aromatic rings. The molecule has 13 heavy (non-hydrogen) atoms. The van der Waals surface area contributed by atoms with Crippen molar-refractivity contribution in [2.75, 3.05) is 0 Å². The summed E-state index contributed by atoms with van der Waals surface area (Å²) >= 11 is 3.29. The van der Waals surface area contributed by atoms with Crippen molar-refractivity contribution in [1.82, 2.24) is 0 Å². The SMILES string of the molecule is Cc1cc(Br)ccc1[C@H](N)C(=O)O. The van der Waals surface area contributed by atoms with Crippen molar-refractivity contribution in [1.29, 1.82) is 0 Å². The Hall–Kier alpha value is -0.870. The molecule has 0 radical (unpaired) electrons. The van der Waals surface area contributed by atoms with Crippen molar-refractivity contribution in [3.63, 3.8) is 0 Å². The summed E-state index contributed by atoms with van der Waals surface area (Å²) in [6.07, 6.45) is 0.